The monoisotopic (exact) mass is 265 g/mol. The molecule has 1 heterocycles. The Kier molecular flexibility index (Phi) is 3.98. The van der Waals surface area contributed by atoms with Crippen molar-refractivity contribution in [1.29, 1.82) is 0 Å². The second-order valence-electron chi connectivity index (χ2n) is 4.38. The molecule has 17 heavy (non-hydrogen) atoms. The average molecular weight is 265 g/mol. The van der Waals surface area contributed by atoms with Gasteiger partial charge >= 0.3 is 6.18 Å². The zero-order valence-corrected chi connectivity index (χ0v) is 10.0. The first kappa shape index (κ1) is 12.8. The van der Waals surface area contributed by atoms with E-state index in [4.69, 9.17) is 0 Å². The van der Waals surface area contributed by atoms with Crippen LogP contribution < -0.4 is 5.32 Å². The van der Waals surface area contributed by atoms with E-state index in [1.807, 2.05) is 0 Å². The predicted molar refractivity (Wildman–Crippen MR) is 58.5 cm³/mol. The van der Waals surface area contributed by atoms with Gasteiger partial charge < -0.3 is 5.32 Å². The highest BCUT2D eigenvalue weighted by Crippen LogP contribution is 2.37. The van der Waals surface area contributed by atoms with Crippen LogP contribution in [0.15, 0.2) is 5.38 Å². The lowest BCUT2D eigenvalue weighted by atomic mass is 9.85. The number of rotatable bonds is 3. The summed E-state index contributed by atoms with van der Waals surface area (Å²) in [7, 11) is 0. The normalized spacial score (nSPS) is 26.1. The summed E-state index contributed by atoms with van der Waals surface area (Å²) in [5, 5.41) is 8.79. The van der Waals surface area contributed by atoms with Crippen LogP contribution in [0.5, 0.6) is 0 Å². The highest BCUT2D eigenvalue weighted by atomic mass is 32.1. The molecule has 1 aliphatic rings. The molecule has 96 valence electrons. The van der Waals surface area contributed by atoms with E-state index in [-0.39, 0.29) is 18.9 Å². The Bertz CT molecular complexity index is 339. The molecule has 1 fully saturated rings. The van der Waals surface area contributed by atoms with Crippen LogP contribution in [0.3, 0.4) is 0 Å². The molecule has 3 nitrogen and oxygen atoms in total. The van der Waals surface area contributed by atoms with Crippen molar-refractivity contribution in [1.82, 2.24) is 14.9 Å². The van der Waals surface area contributed by atoms with Gasteiger partial charge in [-0.05, 0) is 30.8 Å². The fraction of sp³-hybridized carbons (Fsp3) is 0.800. The molecule has 0 aromatic carbocycles. The van der Waals surface area contributed by atoms with Crippen LogP contribution in [0.1, 0.15) is 31.4 Å². The van der Waals surface area contributed by atoms with E-state index in [0.717, 1.165) is 12.1 Å². The van der Waals surface area contributed by atoms with Crippen LogP contribution in [-0.4, -0.2) is 21.8 Å². The van der Waals surface area contributed by atoms with Gasteiger partial charge in [0, 0.05) is 18.0 Å². The van der Waals surface area contributed by atoms with Gasteiger partial charge in [0.05, 0.1) is 11.6 Å². The van der Waals surface area contributed by atoms with Crippen LogP contribution >= 0.6 is 11.5 Å². The van der Waals surface area contributed by atoms with Gasteiger partial charge in [-0.15, -0.1) is 5.10 Å². The third-order valence-corrected chi connectivity index (χ3v) is 3.67. The van der Waals surface area contributed by atoms with Gasteiger partial charge in [0.1, 0.15) is 0 Å². The number of nitrogens with zero attached hydrogens (tertiary/aromatic N) is 2. The Balaban J connectivity index is 1.81. The fourth-order valence-corrected chi connectivity index (χ4v) is 2.63. The standard InChI is InChI=1S/C10H14F3N3S/c11-10(12,13)7-2-1-3-8(4-7)14-5-9-6-17-16-15-9/h6-8,14H,1-5H2. The minimum Gasteiger partial charge on any atom is -0.308 e. The summed E-state index contributed by atoms with van der Waals surface area (Å²) >= 11 is 1.25. The maximum absolute atomic E-state index is 12.6. The maximum atomic E-state index is 12.6. The molecule has 1 saturated carbocycles. The van der Waals surface area contributed by atoms with Crippen LogP contribution in [-0.2, 0) is 6.54 Å². The molecule has 0 bridgehead atoms. The number of hydrogen-bond donors (Lipinski definition) is 1. The number of alkyl halides is 3. The van der Waals surface area contributed by atoms with Crippen LogP contribution in [0, 0.1) is 5.92 Å². The summed E-state index contributed by atoms with van der Waals surface area (Å²) in [4.78, 5) is 0. The lowest BCUT2D eigenvalue weighted by molar-refractivity contribution is -0.183. The first-order valence-electron chi connectivity index (χ1n) is 5.61. The molecule has 0 amide bonds. The molecule has 0 saturated heterocycles. The van der Waals surface area contributed by atoms with Gasteiger partial charge in [-0.25, -0.2) is 0 Å². The zero-order valence-electron chi connectivity index (χ0n) is 9.20. The summed E-state index contributed by atoms with van der Waals surface area (Å²) in [6.45, 7) is 0.506. The molecule has 1 aliphatic carbocycles. The van der Waals surface area contributed by atoms with E-state index in [0.29, 0.717) is 13.0 Å². The van der Waals surface area contributed by atoms with Gasteiger partial charge in [-0.1, -0.05) is 10.9 Å². The van der Waals surface area contributed by atoms with E-state index >= 15 is 0 Å². The van der Waals surface area contributed by atoms with Crippen LogP contribution in [0.4, 0.5) is 13.2 Å². The Morgan fingerprint density at radius 3 is 2.88 bits per heavy atom. The third-order valence-electron chi connectivity index (χ3n) is 3.11. The topological polar surface area (TPSA) is 37.8 Å². The maximum Gasteiger partial charge on any atom is 0.391 e. The van der Waals surface area contributed by atoms with Crippen molar-refractivity contribution in [3.8, 4) is 0 Å². The Morgan fingerprint density at radius 1 is 1.41 bits per heavy atom. The Hall–Kier alpha value is -0.690. The highest BCUT2D eigenvalue weighted by molar-refractivity contribution is 7.03. The van der Waals surface area contributed by atoms with Crippen molar-refractivity contribution in [3.63, 3.8) is 0 Å². The van der Waals surface area contributed by atoms with Crippen molar-refractivity contribution in [2.45, 2.75) is 44.4 Å². The SMILES string of the molecule is FC(F)(F)C1CCCC(NCc2csnn2)C1. The molecule has 1 N–H and O–H groups in total. The lowest BCUT2D eigenvalue weighted by Gasteiger charge is -2.30. The highest BCUT2D eigenvalue weighted by Gasteiger charge is 2.41. The quantitative estimate of drug-likeness (QED) is 0.913. The van der Waals surface area contributed by atoms with Crippen molar-refractivity contribution >= 4 is 11.5 Å². The van der Waals surface area contributed by atoms with E-state index in [1.165, 1.54) is 11.5 Å². The van der Waals surface area contributed by atoms with Crippen molar-refractivity contribution < 1.29 is 13.2 Å². The van der Waals surface area contributed by atoms with E-state index in [9.17, 15) is 13.2 Å². The summed E-state index contributed by atoms with van der Waals surface area (Å²) in [6, 6.07) is -0.0583. The number of nitrogens with one attached hydrogen (secondary N) is 1. The molecular weight excluding hydrogens is 251 g/mol. The van der Waals surface area contributed by atoms with Gasteiger partial charge in [-0.3, -0.25) is 0 Å². The Labute approximate surface area is 102 Å². The summed E-state index contributed by atoms with van der Waals surface area (Å²) in [6.07, 6.45) is -2.16. The van der Waals surface area contributed by atoms with Gasteiger partial charge in [0.15, 0.2) is 0 Å². The Morgan fingerprint density at radius 2 is 2.24 bits per heavy atom. The smallest absolute Gasteiger partial charge is 0.308 e. The molecule has 1 aromatic heterocycles. The molecule has 0 spiro atoms. The molecule has 0 radical (unpaired) electrons. The number of halogens is 3. The van der Waals surface area contributed by atoms with Crippen molar-refractivity contribution in [2.24, 2.45) is 5.92 Å². The second kappa shape index (κ2) is 5.30. The summed E-state index contributed by atoms with van der Waals surface area (Å²) in [5.41, 5.74) is 0.795. The van der Waals surface area contributed by atoms with Gasteiger partial charge in [0.25, 0.3) is 0 Å². The van der Waals surface area contributed by atoms with Gasteiger partial charge in [-0.2, -0.15) is 13.2 Å². The van der Waals surface area contributed by atoms with Crippen molar-refractivity contribution in [3.05, 3.63) is 11.1 Å². The minimum absolute atomic E-state index is 0.0583. The first-order valence-corrected chi connectivity index (χ1v) is 6.45. The second-order valence-corrected chi connectivity index (χ2v) is 4.99. The van der Waals surface area contributed by atoms with E-state index in [2.05, 4.69) is 14.9 Å². The van der Waals surface area contributed by atoms with Crippen LogP contribution in [0.2, 0.25) is 0 Å². The molecule has 2 atom stereocenters. The third kappa shape index (κ3) is 3.64. The molecule has 2 rings (SSSR count). The van der Waals surface area contributed by atoms with E-state index < -0.39 is 12.1 Å². The largest absolute Gasteiger partial charge is 0.391 e. The van der Waals surface area contributed by atoms with E-state index in [1.54, 1.807) is 5.38 Å². The summed E-state index contributed by atoms with van der Waals surface area (Å²) in [5.74, 6) is -1.15. The number of aromatic nitrogens is 2. The predicted octanol–water partition coefficient (Wildman–Crippen LogP) is 2.75. The average Bonchev–Trinajstić information content (AvgIpc) is 2.78. The molecular formula is C10H14F3N3S. The molecule has 7 heteroatoms. The zero-order chi connectivity index (χ0) is 12.3. The number of hydrogen-bond acceptors (Lipinski definition) is 4. The first-order chi connectivity index (χ1) is 8.05. The minimum atomic E-state index is -4.05. The van der Waals surface area contributed by atoms with Crippen molar-refractivity contribution in [2.75, 3.05) is 0 Å². The fourth-order valence-electron chi connectivity index (χ4n) is 2.18. The summed E-state index contributed by atoms with van der Waals surface area (Å²) < 4.78 is 41.5. The van der Waals surface area contributed by atoms with Crippen LogP contribution in [0.25, 0.3) is 0 Å². The molecule has 0 aliphatic heterocycles. The lowest BCUT2D eigenvalue weighted by Crippen LogP contribution is -2.38. The van der Waals surface area contributed by atoms with Gasteiger partial charge in [0.2, 0.25) is 0 Å². The molecule has 2 unspecified atom stereocenters. The molecule has 1 aromatic rings.